The van der Waals surface area contributed by atoms with E-state index in [-0.39, 0.29) is 12.5 Å². The first-order chi connectivity index (χ1) is 12.6. The molecule has 2 aromatic rings. The Labute approximate surface area is 156 Å². The maximum Gasteiger partial charge on any atom is 0.257 e. The molecule has 0 unspecified atom stereocenters. The minimum absolute atomic E-state index is 0.0422. The van der Waals surface area contributed by atoms with Gasteiger partial charge in [-0.3, -0.25) is 4.79 Å². The van der Waals surface area contributed by atoms with E-state index in [9.17, 15) is 4.79 Å². The molecule has 1 N–H and O–H groups in total. The molecule has 4 nitrogen and oxygen atoms in total. The van der Waals surface area contributed by atoms with E-state index < -0.39 is 0 Å². The maximum atomic E-state index is 12.0. The number of hydrogen-bond donors (Lipinski definition) is 1. The fourth-order valence-corrected chi connectivity index (χ4v) is 2.64. The lowest BCUT2D eigenvalue weighted by Gasteiger charge is -2.12. The standard InChI is InChI=1S/C22H29NO3/c1-4-15-25-21-12-6-5-10-19(21)11-8-14-23-22(24)16-26-20-13-7-9-17(2)18(20)3/h5-7,9-10,12-13H,4,8,11,14-16H2,1-3H3,(H,23,24). The third kappa shape index (κ3) is 6.10. The number of hydrogen-bond acceptors (Lipinski definition) is 3. The topological polar surface area (TPSA) is 47.6 Å². The number of para-hydroxylation sites is 1. The van der Waals surface area contributed by atoms with E-state index in [4.69, 9.17) is 9.47 Å². The van der Waals surface area contributed by atoms with Crippen LogP contribution < -0.4 is 14.8 Å². The van der Waals surface area contributed by atoms with E-state index in [1.807, 2.05) is 50.2 Å². The number of carbonyl (C=O) groups excluding carboxylic acids is 1. The summed E-state index contributed by atoms with van der Waals surface area (Å²) >= 11 is 0. The van der Waals surface area contributed by atoms with Gasteiger partial charge in [-0.1, -0.05) is 37.3 Å². The number of carbonyl (C=O) groups is 1. The van der Waals surface area contributed by atoms with Gasteiger partial charge in [-0.05, 0) is 61.9 Å². The Kier molecular flexibility index (Phi) is 8.00. The molecule has 140 valence electrons. The van der Waals surface area contributed by atoms with Crippen molar-refractivity contribution in [1.29, 1.82) is 0 Å². The number of nitrogens with one attached hydrogen (secondary N) is 1. The average Bonchev–Trinajstić information content (AvgIpc) is 2.65. The molecule has 0 radical (unpaired) electrons. The molecule has 0 aliphatic rings. The summed E-state index contributed by atoms with van der Waals surface area (Å²) in [6.45, 7) is 7.52. The van der Waals surface area contributed by atoms with Gasteiger partial charge in [-0.2, -0.15) is 0 Å². The molecule has 0 spiro atoms. The molecule has 0 bridgehead atoms. The number of aryl methyl sites for hydroxylation is 2. The quantitative estimate of drug-likeness (QED) is 0.649. The van der Waals surface area contributed by atoms with Crippen LogP contribution in [0.15, 0.2) is 42.5 Å². The summed E-state index contributed by atoms with van der Waals surface area (Å²) in [5.41, 5.74) is 3.41. The van der Waals surface area contributed by atoms with Crippen LogP contribution in [0.4, 0.5) is 0 Å². The molecular formula is C22H29NO3. The second-order valence-corrected chi connectivity index (χ2v) is 6.40. The first-order valence-electron chi connectivity index (χ1n) is 9.28. The summed E-state index contributed by atoms with van der Waals surface area (Å²) in [4.78, 5) is 12.0. The van der Waals surface area contributed by atoms with Gasteiger partial charge in [-0.15, -0.1) is 0 Å². The van der Waals surface area contributed by atoms with Gasteiger partial charge in [0.05, 0.1) is 6.61 Å². The lowest BCUT2D eigenvalue weighted by molar-refractivity contribution is -0.123. The van der Waals surface area contributed by atoms with Crippen molar-refractivity contribution in [3.63, 3.8) is 0 Å². The van der Waals surface area contributed by atoms with Crippen LogP contribution in [0, 0.1) is 13.8 Å². The lowest BCUT2D eigenvalue weighted by Crippen LogP contribution is -2.30. The minimum Gasteiger partial charge on any atom is -0.493 e. The van der Waals surface area contributed by atoms with E-state index in [0.29, 0.717) is 6.54 Å². The van der Waals surface area contributed by atoms with Crippen LogP contribution in [-0.2, 0) is 11.2 Å². The third-order valence-corrected chi connectivity index (χ3v) is 4.29. The highest BCUT2D eigenvalue weighted by atomic mass is 16.5. The highest BCUT2D eigenvalue weighted by Gasteiger charge is 2.07. The number of ether oxygens (including phenoxy) is 2. The van der Waals surface area contributed by atoms with E-state index in [0.717, 1.165) is 48.5 Å². The zero-order valence-corrected chi connectivity index (χ0v) is 16.0. The van der Waals surface area contributed by atoms with Crippen LogP contribution in [0.25, 0.3) is 0 Å². The predicted molar refractivity (Wildman–Crippen MR) is 105 cm³/mol. The van der Waals surface area contributed by atoms with Crippen molar-refractivity contribution in [3.05, 3.63) is 59.2 Å². The van der Waals surface area contributed by atoms with Crippen molar-refractivity contribution >= 4 is 5.91 Å². The Morgan fingerprint density at radius 2 is 1.77 bits per heavy atom. The van der Waals surface area contributed by atoms with Crippen LogP contribution in [0.1, 0.15) is 36.5 Å². The van der Waals surface area contributed by atoms with Gasteiger partial charge in [-0.25, -0.2) is 0 Å². The summed E-state index contributed by atoms with van der Waals surface area (Å²) < 4.78 is 11.4. The molecule has 1 amide bonds. The van der Waals surface area contributed by atoms with Gasteiger partial charge in [0.15, 0.2) is 6.61 Å². The molecule has 0 fully saturated rings. The van der Waals surface area contributed by atoms with E-state index in [1.165, 1.54) is 5.56 Å². The van der Waals surface area contributed by atoms with Crippen LogP contribution in [0.2, 0.25) is 0 Å². The molecule has 0 aliphatic heterocycles. The van der Waals surface area contributed by atoms with Crippen LogP contribution in [0.5, 0.6) is 11.5 Å². The van der Waals surface area contributed by atoms with Gasteiger partial charge in [0, 0.05) is 6.54 Å². The van der Waals surface area contributed by atoms with Crippen molar-refractivity contribution < 1.29 is 14.3 Å². The minimum atomic E-state index is -0.0959. The maximum absolute atomic E-state index is 12.0. The van der Waals surface area contributed by atoms with Crippen LogP contribution in [0.3, 0.4) is 0 Å². The first kappa shape index (κ1) is 19.8. The zero-order chi connectivity index (χ0) is 18.8. The Balaban J connectivity index is 1.71. The summed E-state index contributed by atoms with van der Waals surface area (Å²) in [5, 5.41) is 2.92. The largest absolute Gasteiger partial charge is 0.493 e. The molecule has 0 atom stereocenters. The van der Waals surface area contributed by atoms with Crippen molar-refractivity contribution in [2.75, 3.05) is 19.8 Å². The predicted octanol–water partition coefficient (Wildman–Crippen LogP) is 4.22. The molecule has 26 heavy (non-hydrogen) atoms. The van der Waals surface area contributed by atoms with Gasteiger partial charge < -0.3 is 14.8 Å². The Hall–Kier alpha value is -2.49. The first-order valence-corrected chi connectivity index (χ1v) is 9.28. The van der Waals surface area contributed by atoms with Gasteiger partial charge in [0.2, 0.25) is 0 Å². The van der Waals surface area contributed by atoms with Crippen molar-refractivity contribution in [2.24, 2.45) is 0 Å². The molecule has 4 heteroatoms. The highest BCUT2D eigenvalue weighted by Crippen LogP contribution is 2.21. The second kappa shape index (κ2) is 10.5. The normalized spacial score (nSPS) is 10.4. The summed E-state index contributed by atoms with van der Waals surface area (Å²) in [7, 11) is 0. The molecule has 0 aliphatic carbocycles. The average molecular weight is 355 g/mol. The highest BCUT2D eigenvalue weighted by molar-refractivity contribution is 5.77. The smallest absolute Gasteiger partial charge is 0.257 e. The molecule has 0 saturated carbocycles. The molecule has 0 saturated heterocycles. The monoisotopic (exact) mass is 355 g/mol. The van der Waals surface area contributed by atoms with Gasteiger partial charge in [0.25, 0.3) is 5.91 Å². The van der Waals surface area contributed by atoms with Crippen LogP contribution in [-0.4, -0.2) is 25.7 Å². The van der Waals surface area contributed by atoms with E-state index in [2.05, 4.69) is 18.3 Å². The number of amides is 1. The van der Waals surface area contributed by atoms with E-state index in [1.54, 1.807) is 0 Å². The Bertz CT molecular complexity index is 712. The summed E-state index contributed by atoms with van der Waals surface area (Å²) in [6, 6.07) is 13.9. The zero-order valence-electron chi connectivity index (χ0n) is 16.0. The van der Waals surface area contributed by atoms with Crippen molar-refractivity contribution in [1.82, 2.24) is 5.32 Å². The van der Waals surface area contributed by atoms with Crippen molar-refractivity contribution in [3.8, 4) is 11.5 Å². The molecule has 2 aromatic carbocycles. The summed E-state index contributed by atoms with van der Waals surface area (Å²) in [5.74, 6) is 1.61. The fraction of sp³-hybridized carbons (Fsp3) is 0.409. The number of benzene rings is 2. The van der Waals surface area contributed by atoms with Gasteiger partial charge in [0.1, 0.15) is 11.5 Å². The molecule has 0 heterocycles. The Morgan fingerprint density at radius 3 is 2.58 bits per heavy atom. The lowest BCUT2D eigenvalue weighted by atomic mass is 10.1. The number of rotatable bonds is 10. The second-order valence-electron chi connectivity index (χ2n) is 6.40. The van der Waals surface area contributed by atoms with Crippen molar-refractivity contribution in [2.45, 2.75) is 40.0 Å². The SMILES string of the molecule is CCCOc1ccccc1CCCNC(=O)COc1cccc(C)c1C. The van der Waals surface area contributed by atoms with E-state index >= 15 is 0 Å². The fourth-order valence-electron chi connectivity index (χ4n) is 2.64. The molecular weight excluding hydrogens is 326 g/mol. The Morgan fingerprint density at radius 1 is 1.00 bits per heavy atom. The van der Waals surface area contributed by atoms with Crippen LogP contribution >= 0.6 is 0 Å². The van der Waals surface area contributed by atoms with Gasteiger partial charge >= 0.3 is 0 Å². The molecule has 0 aromatic heterocycles. The molecule has 2 rings (SSSR count). The third-order valence-electron chi connectivity index (χ3n) is 4.29. The summed E-state index contributed by atoms with van der Waals surface area (Å²) in [6.07, 6.45) is 2.73.